The molecule has 0 spiro atoms. The van der Waals surface area contributed by atoms with E-state index < -0.39 is 0 Å². The first kappa shape index (κ1) is 14.8. The molecule has 1 aliphatic heterocycles. The number of benzene rings is 2. The zero-order valence-corrected chi connectivity index (χ0v) is 13.2. The Morgan fingerprint density at radius 2 is 1.92 bits per heavy atom. The lowest BCUT2D eigenvalue weighted by atomic mass is 9.95. The minimum absolute atomic E-state index is 0.0630. The molecule has 3 aromatic rings. The molecule has 1 atom stereocenters. The maximum Gasteiger partial charge on any atom is 0.258 e. The van der Waals surface area contributed by atoms with Gasteiger partial charge in [-0.05, 0) is 61.7 Å². The first-order valence-electron chi connectivity index (χ1n) is 7.96. The van der Waals surface area contributed by atoms with Gasteiger partial charge in [-0.1, -0.05) is 0 Å². The Labute approximate surface area is 139 Å². The highest BCUT2D eigenvalue weighted by Gasteiger charge is 2.29. The predicted molar refractivity (Wildman–Crippen MR) is 90.5 cm³/mol. The molecule has 0 saturated heterocycles. The molecule has 0 bridgehead atoms. The number of rotatable bonds is 1. The predicted octanol–water partition coefficient (Wildman–Crippen LogP) is 3.75. The summed E-state index contributed by atoms with van der Waals surface area (Å²) in [6, 6.07) is 10.0. The van der Waals surface area contributed by atoms with Crippen LogP contribution in [0.25, 0.3) is 11.0 Å². The molecule has 5 heteroatoms. The van der Waals surface area contributed by atoms with E-state index in [9.17, 15) is 9.18 Å². The van der Waals surface area contributed by atoms with Crippen molar-refractivity contribution in [1.82, 2.24) is 9.97 Å². The fraction of sp³-hybridized carbons (Fsp3) is 0.211. The number of halogens is 1. The van der Waals surface area contributed by atoms with Gasteiger partial charge in [0, 0.05) is 29.7 Å². The fourth-order valence-corrected chi connectivity index (χ4v) is 3.27. The Morgan fingerprint density at radius 3 is 2.75 bits per heavy atom. The molecular formula is C19H16FN3O. The van der Waals surface area contributed by atoms with Gasteiger partial charge in [0.1, 0.15) is 5.82 Å². The molecule has 4 nitrogen and oxygen atoms in total. The van der Waals surface area contributed by atoms with Gasteiger partial charge in [-0.25, -0.2) is 4.39 Å². The largest absolute Gasteiger partial charge is 0.305 e. The average Bonchev–Trinajstić information content (AvgIpc) is 2.61. The highest BCUT2D eigenvalue weighted by Crippen LogP contribution is 2.32. The van der Waals surface area contributed by atoms with Crippen LogP contribution in [0.4, 0.5) is 10.1 Å². The molecule has 1 aliphatic rings. The van der Waals surface area contributed by atoms with E-state index in [1.165, 1.54) is 12.1 Å². The summed E-state index contributed by atoms with van der Waals surface area (Å²) < 4.78 is 13.5. The smallest absolute Gasteiger partial charge is 0.258 e. The van der Waals surface area contributed by atoms with Crippen molar-refractivity contribution in [3.8, 4) is 0 Å². The van der Waals surface area contributed by atoms with E-state index in [1.54, 1.807) is 41.6 Å². The van der Waals surface area contributed by atoms with Crippen molar-refractivity contribution in [2.24, 2.45) is 0 Å². The van der Waals surface area contributed by atoms with Gasteiger partial charge in [-0.3, -0.25) is 14.8 Å². The van der Waals surface area contributed by atoms with Gasteiger partial charge in [-0.2, -0.15) is 0 Å². The molecule has 1 aromatic heterocycles. The summed E-state index contributed by atoms with van der Waals surface area (Å²) in [6.07, 6.45) is 4.83. The van der Waals surface area contributed by atoms with E-state index in [-0.39, 0.29) is 17.8 Å². The van der Waals surface area contributed by atoms with E-state index in [1.807, 2.05) is 6.92 Å². The van der Waals surface area contributed by atoms with Crippen LogP contribution in [0, 0.1) is 5.82 Å². The summed E-state index contributed by atoms with van der Waals surface area (Å²) in [5, 5.41) is 0. The molecule has 120 valence electrons. The molecule has 0 unspecified atom stereocenters. The fourth-order valence-electron chi connectivity index (χ4n) is 3.27. The second kappa shape index (κ2) is 5.67. The molecule has 0 N–H and O–H groups in total. The molecule has 24 heavy (non-hydrogen) atoms. The minimum atomic E-state index is -0.267. The number of aryl methyl sites for hydroxylation is 1. The van der Waals surface area contributed by atoms with Gasteiger partial charge in [0.2, 0.25) is 0 Å². The topological polar surface area (TPSA) is 46.1 Å². The number of nitrogens with zero attached hydrogens (tertiary/aromatic N) is 3. The van der Waals surface area contributed by atoms with Crippen molar-refractivity contribution in [2.45, 2.75) is 25.8 Å². The number of hydrogen-bond acceptors (Lipinski definition) is 3. The Hall–Kier alpha value is -2.82. The molecule has 4 rings (SSSR count). The lowest BCUT2D eigenvalue weighted by Crippen LogP contribution is -2.42. The molecular weight excluding hydrogens is 305 g/mol. The summed E-state index contributed by atoms with van der Waals surface area (Å²) in [4.78, 5) is 23.3. The maximum atomic E-state index is 13.5. The van der Waals surface area contributed by atoms with Crippen molar-refractivity contribution < 1.29 is 9.18 Å². The summed E-state index contributed by atoms with van der Waals surface area (Å²) >= 11 is 0. The third-order valence-electron chi connectivity index (χ3n) is 4.51. The minimum Gasteiger partial charge on any atom is -0.305 e. The van der Waals surface area contributed by atoms with Crippen LogP contribution in [0.2, 0.25) is 0 Å². The van der Waals surface area contributed by atoms with E-state index in [4.69, 9.17) is 0 Å². The van der Waals surface area contributed by atoms with Crippen LogP contribution in [0.3, 0.4) is 0 Å². The lowest BCUT2D eigenvalue weighted by Gasteiger charge is -2.35. The second-order valence-electron chi connectivity index (χ2n) is 6.10. The number of carbonyl (C=O) groups is 1. The first-order valence-corrected chi connectivity index (χ1v) is 7.96. The van der Waals surface area contributed by atoms with E-state index in [0.717, 1.165) is 29.6 Å². The summed E-state index contributed by atoms with van der Waals surface area (Å²) in [5.41, 5.74) is 3.67. The third kappa shape index (κ3) is 2.42. The van der Waals surface area contributed by atoms with Crippen molar-refractivity contribution >= 4 is 22.6 Å². The van der Waals surface area contributed by atoms with Gasteiger partial charge in [0.05, 0.1) is 11.0 Å². The zero-order chi connectivity index (χ0) is 16.7. The Morgan fingerprint density at radius 1 is 1.12 bits per heavy atom. The van der Waals surface area contributed by atoms with Crippen molar-refractivity contribution in [1.29, 1.82) is 0 Å². The maximum absolute atomic E-state index is 13.5. The van der Waals surface area contributed by atoms with Crippen LogP contribution >= 0.6 is 0 Å². The zero-order valence-electron chi connectivity index (χ0n) is 13.2. The number of amides is 1. The monoisotopic (exact) mass is 321 g/mol. The molecule has 1 amide bonds. The van der Waals surface area contributed by atoms with Crippen LogP contribution in [0.15, 0.2) is 48.8 Å². The summed E-state index contributed by atoms with van der Waals surface area (Å²) in [7, 11) is 0. The number of aromatic nitrogens is 2. The lowest BCUT2D eigenvalue weighted by molar-refractivity contribution is 0.0975. The van der Waals surface area contributed by atoms with Crippen LogP contribution in [-0.4, -0.2) is 21.9 Å². The normalized spacial score (nSPS) is 16.9. The SMILES string of the molecule is C[C@H]1CCc2cc(F)ccc2N1C(=O)c1ccc2nccnc2c1. The molecule has 0 saturated carbocycles. The van der Waals surface area contributed by atoms with Gasteiger partial charge in [0.15, 0.2) is 0 Å². The average molecular weight is 321 g/mol. The molecule has 2 aromatic carbocycles. The van der Waals surface area contributed by atoms with Crippen molar-refractivity contribution in [2.75, 3.05) is 4.90 Å². The van der Waals surface area contributed by atoms with Crippen LogP contribution in [0.1, 0.15) is 29.3 Å². The van der Waals surface area contributed by atoms with E-state index in [2.05, 4.69) is 9.97 Å². The number of anilines is 1. The second-order valence-corrected chi connectivity index (χ2v) is 6.10. The number of fused-ring (bicyclic) bond motifs is 2. The Kier molecular flexibility index (Phi) is 3.49. The summed E-state index contributed by atoms with van der Waals surface area (Å²) in [6.45, 7) is 2.02. The van der Waals surface area contributed by atoms with Crippen LogP contribution in [-0.2, 0) is 6.42 Å². The summed E-state index contributed by atoms with van der Waals surface area (Å²) in [5.74, 6) is -0.362. The van der Waals surface area contributed by atoms with Gasteiger partial charge in [-0.15, -0.1) is 0 Å². The number of carbonyl (C=O) groups excluding carboxylic acids is 1. The first-order chi connectivity index (χ1) is 11.6. The molecule has 0 fully saturated rings. The Balaban J connectivity index is 1.78. The van der Waals surface area contributed by atoms with Crippen LogP contribution < -0.4 is 4.90 Å². The number of hydrogen-bond donors (Lipinski definition) is 0. The van der Waals surface area contributed by atoms with Crippen LogP contribution in [0.5, 0.6) is 0 Å². The quantitative estimate of drug-likeness (QED) is 0.686. The Bertz CT molecular complexity index is 941. The standard InChI is InChI=1S/C19H16FN3O/c1-12-2-3-13-10-15(20)5-7-18(13)23(12)19(24)14-4-6-16-17(11-14)22-9-8-21-16/h4-12H,2-3H2,1H3/t12-/m0/s1. The molecule has 2 heterocycles. The molecule has 0 aliphatic carbocycles. The van der Waals surface area contributed by atoms with E-state index >= 15 is 0 Å². The van der Waals surface area contributed by atoms with Crippen molar-refractivity contribution in [3.63, 3.8) is 0 Å². The van der Waals surface area contributed by atoms with Crippen molar-refractivity contribution in [3.05, 3.63) is 65.7 Å². The highest BCUT2D eigenvalue weighted by molar-refractivity contribution is 6.08. The van der Waals surface area contributed by atoms with Gasteiger partial charge < -0.3 is 4.90 Å². The highest BCUT2D eigenvalue weighted by atomic mass is 19.1. The third-order valence-corrected chi connectivity index (χ3v) is 4.51. The van der Waals surface area contributed by atoms with Gasteiger partial charge in [0.25, 0.3) is 5.91 Å². The van der Waals surface area contributed by atoms with Gasteiger partial charge >= 0.3 is 0 Å². The molecule has 0 radical (unpaired) electrons. The van der Waals surface area contributed by atoms with E-state index in [0.29, 0.717) is 11.1 Å².